The molecule has 0 aromatic heterocycles. The van der Waals surface area contributed by atoms with Crippen molar-refractivity contribution in [3.63, 3.8) is 0 Å². The molecule has 0 amide bonds. The number of sulfonamides is 1. The summed E-state index contributed by atoms with van der Waals surface area (Å²) in [5.74, 6) is 0.406. The zero-order valence-corrected chi connectivity index (χ0v) is 12.3. The van der Waals surface area contributed by atoms with Gasteiger partial charge in [0.25, 0.3) is 0 Å². The van der Waals surface area contributed by atoms with E-state index in [1.54, 1.807) is 18.2 Å². The van der Waals surface area contributed by atoms with Crippen LogP contribution in [0.15, 0.2) is 23.1 Å². The van der Waals surface area contributed by atoms with Gasteiger partial charge >= 0.3 is 0 Å². The largest absolute Gasteiger partial charge is 0.495 e. The Morgan fingerprint density at radius 1 is 1.21 bits per heavy atom. The Hall–Kier alpha value is -1.07. The van der Waals surface area contributed by atoms with Gasteiger partial charge in [0.2, 0.25) is 10.0 Å². The number of methoxy groups -OCH3 is 1. The van der Waals surface area contributed by atoms with E-state index in [1.807, 2.05) is 6.92 Å². The van der Waals surface area contributed by atoms with Gasteiger partial charge in [-0.2, -0.15) is 0 Å². The molecule has 5 heteroatoms. The second-order valence-electron chi connectivity index (χ2n) is 5.11. The summed E-state index contributed by atoms with van der Waals surface area (Å²) in [4.78, 5) is 0.228. The molecule has 1 N–H and O–H groups in total. The summed E-state index contributed by atoms with van der Waals surface area (Å²) < 4.78 is 32.8. The number of rotatable bonds is 4. The quantitative estimate of drug-likeness (QED) is 0.924. The van der Waals surface area contributed by atoms with Gasteiger partial charge in [0, 0.05) is 6.04 Å². The fourth-order valence-electron chi connectivity index (χ4n) is 2.50. The number of hydrogen-bond acceptors (Lipinski definition) is 3. The van der Waals surface area contributed by atoms with Gasteiger partial charge in [-0.05, 0) is 37.5 Å². The predicted octanol–water partition coefficient (Wildman–Crippen LogP) is 2.61. The molecule has 0 saturated heterocycles. The van der Waals surface area contributed by atoms with Crippen LogP contribution in [0.1, 0.15) is 37.7 Å². The van der Waals surface area contributed by atoms with Crippen LogP contribution in [0.3, 0.4) is 0 Å². The first-order valence-corrected chi connectivity index (χ1v) is 8.18. The van der Waals surface area contributed by atoms with Crippen LogP contribution in [0, 0.1) is 6.92 Å². The van der Waals surface area contributed by atoms with Crippen molar-refractivity contribution in [2.45, 2.75) is 50.0 Å². The predicted molar refractivity (Wildman–Crippen MR) is 74.9 cm³/mol. The average Bonchev–Trinajstić information content (AvgIpc) is 2.38. The van der Waals surface area contributed by atoms with Crippen LogP contribution in [-0.4, -0.2) is 21.6 Å². The van der Waals surface area contributed by atoms with E-state index in [0.29, 0.717) is 5.75 Å². The molecule has 0 heterocycles. The average molecular weight is 283 g/mol. The lowest BCUT2D eigenvalue weighted by atomic mass is 9.96. The third-order valence-corrected chi connectivity index (χ3v) is 5.10. The van der Waals surface area contributed by atoms with E-state index < -0.39 is 10.0 Å². The van der Waals surface area contributed by atoms with Crippen molar-refractivity contribution >= 4 is 10.0 Å². The van der Waals surface area contributed by atoms with E-state index in [1.165, 1.54) is 13.5 Å². The van der Waals surface area contributed by atoms with Crippen LogP contribution >= 0.6 is 0 Å². The first-order valence-electron chi connectivity index (χ1n) is 6.70. The number of hydrogen-bond donors (Lipinski definition) is 1. The monoisotopic (exact) mass is 283 g/mol. The first kappa shape index (κ1) is 14.3. The molecule has 0 atom stereocenters. The molecule has 4 nitrogen and oxygen atoms in total. The maximum Gasteiger partial charge on any atom is 0.244 e. The zero-order chi connectivity index (χ0) is 13.9. The maximum atomic E-state index is 12.4. The summed E-state index contributed by atoms with van der Waals surface area (Å²) in [5.41, 5.74) is 0.980. The molecule has 0 radical (unpaired) electrons. The Kier molecular flexibility index (Phi) is 4.47. The lowest BCUT2D eigenvalue weighted by Crippen LogP contribution is -2.36. The molecule has 1 fully saturated rings. The summed E-state index contributed by atoms with van der Waals surface area (Å²) >= 11 is 0. The summed E-state index contributed by atoms with van der Waals surface area (Å²) in [7, 11) is -2.00. The molecular formula is C14H21NO3S. The van der Waals surface area contributed by atoms with Gasteiger partial charge < -0.3 is 4.74 Å². The van der Waals surface area contributed by atoms with Crippen LogP contribution in [0.25, 0.3) is 0 Å². The topological polar surface area (TPSA) is 55.4 Å². The minimum absolute atomic E-state index is 0.0600. The Balaban J connectivity index is 2.23. The lowest BCUT2D eigenvalue weighted by molar-refractivity contribution is 0.396. The van der Waals surface area contributed by atoms with Crippen molar-refractivity contribution in [1.82, 2.24) is 4.72 Å². The van der Waals surface area contributed by atoms with Gasteiger partial charge in [0.05, 0.1) is 7.11 Å². The fraction of sp³-hybridized carbons (Fsp3) is 0.571. The van der Waals surface area contributed by atoms with Crippen LogP contribution in [0.5, 0.6) is 5.75 Å². The zero-order valence-electron chi connectivity index (χ0n) is 11.5. The van der Waals surface area contributed by atoms with Gasteiger partial charge in [0.15, 0.2) is 0 Å². The molecule has 0 unspecified atom stereocenters. The highest BCUT2D eigenvalue weighted by molar-refractivity contribution is 7.89. The van der Waals surface area contributed by atoms with Crippen molar-refractivity contribution in [1.29, 1.82) is 0 Å². The molecule has 2 rings (SSSR count). The minimum Gasteiger partial charge on any atom is -0.495 e. The highest BCUT2D eigenvalue weighted by Gasteiger charge is 2.24. The van der Waals surface area contributed by atoms with E-state index in [4.69, 9.17) is 4.74 Å². The van der Waals surface area contributed by atoms with Crippen LogP contribution in [0.4, 0.5) is 0 Å². The van der Waals surface area contributed by atoms with Crippen molar-refractivity contribution in [2.75, 3.05) is 7.11 Å². The van der Waals surface area contributed by atoms with Crippen molar-refractivity contribution in [3.8, 4) is 5.75 Å². The van der Waals surface area contributed by atoms with Gasteiger partial charge in [-0.3, -0.25) is 0 Å². The fourth-order valence-corrected chi connectivity index (χ4v) is 3.96. The number of aryl methyl sites for hydroxylation is 1. The number of benzene rings is 1. The number of ether oxygens (including phenoxy) is 1. The molecule has 1 aliphatic carbocycles. The number of nitrogens with one attached hydrogen (secondary N) is 1. The highest BCUT2D eigenvalue weighted by Crippen LogP contribution is 2.26. The molecule has 0 spiro atoms. The van der Waals surface area contributed by atoms with Gasteiger partial charge in [-0.15, -0.1) is 0 Å². The molecule has 19 heavy (non-hydrogen) atoms. The van der Waals surface area contributed by atoms with Crippen LogP contribution in [-0.2, 0) is 10.0 Å². The molecular weight excluding hydrogens is 262 g/mol. The molecule has 0 aliphatic heterocycles. The van der Waals surface area contributed by atoms with E-state index in [2.05, 4.69) is 4.72 Å². The standard InChI is InChI=1S/C14H21NO3S/c1-11-8-9-14(13(10-11)18-2)19(16,17)15-12-6-4-3-5-7-12/h8-10,12,15H,3-7H2,1-2H3. The second kappa shape index (κ2) is 5.92. The Bertz CT molecular complexity index is 534. The van der Waals surface area contributed by atoms with Crippen molar-refractivity contribution < 1.29 is 13.2 Å². The Labute approximate surface area is 115 Å². The maximum absolute atomic E-state index is 12.4. The SMILES string of the molecule is COc1cc(C)ccc1S(=O)(=O)NC1CCCCC1. The van der Waals surface area contributed by atoms with E-state index in [-0.39, 0.29) is 10.9 Å². The van der Waals surface area contributed by atoms with E-state index >= 15 is 0 Å². The normalized spacial score (nSPS) is 17.4. The smallest absolute Gasteiger partial charge is 0.244 e. The molecule has 1 aromatic rings. The first-order chi connectivity index (χ1) is 9.03. The summed E-state index contributed by atoms with van der Waals surface area (Å²) in [6.45, 7) is 1.91. The Morgan fingerprint density at radius 2 is 1.89 bits per heavy atom. The van der Waals surface area contributed by atoms with Crippen LogP contribution < -0.4 is 9.46 Å². The summed E-state index contributed by atoms with van der Waals surface area (Å²) in [5, 5.41) is 0. The lowest BCUT2D eigenvalue weighted by Gasteiger charge is -2.23. The van der Waals surface area contributed by atoms with Crippen molar-refractivity contribution in [2.24, 2.45) is 0 Å². The molecule has 1 aliphatic rings. The third kappa shape index (κ3) is 3.48. The van der Waals surface area contributed by atoms with Gasteiger partial charge in [0.1, 0.15) is 10.6 Å². The van der Waals surface area contributed by atoms with Gasteiger partial charge in [-0.1, -0.05) is 25.3 Å². The highest BCUT2D eigenvalue weighted by atomic mass is 32.2. The molecule has 0 bridgehead atoms. The summed E-state index contributed by atoms with van der Waals surface area (Å²) in [6, 6.07) is 5.21. The Morgan fingerprint density at radius 3 is 2.53 bits per heavy atom. The van der Waals surface area contributed by atoms with E-state index in [0.717, 1.165) is 31.2 Å². The molecule has 106 valence electrons. The third-order valence-electron chi connectivity index (χ3n) is 3.54. The van der Waals surface area contributed by atoms with Crippen molar-refractivity contribution in [3.05, 3.63) is 23.8 Å². The summed E-state index contributed by atoms with van der Waals surface area (Å²) in [6.07, 6.45) is 5.24. The second-order valence-corrected chi connectivity index (χ2v) is 6.79. The van der Waals surface area contributed by atoms with Gasteiger partial charge in [-0.25, -0.2) is 13.1 Å². The minimum atomic E-state index is -3.49. The van der Waals surface area contributed by atoms with E-state index in [9.17, 15) is 8.42 Å². The van der Waals surface area contributed by atoms with Crippen LogP contribution in [0.2, 0.25) is 0 Å². The molecule has 1 saturated carbocycles. The molecule has 1 aromatic carbocycles.